The van der Waals surface area contributed by atoms with Crippen LogP contribution in [0.4, 0.5) is 0 Å². The normalized spacial score (nSPS) is 17.5. The Hall–Kier alpha value is -2.64. The number of nitriles is 1. The highest BCUT2D eigenvalue weighted by Gasteiger charge is 2.30. The summed E-state index contributed by atoms with van der Waals surface area (Å²) in [5, 5.41) is 9.22. The van der Waals surface area contributed by atoms with E-state index in [0.29, 0.717) is 25.1 Å². The lowest BCUT2D eigenvalue weighted by molar-refractivity contribution is -0.124. The SMILES string of the molecule is N#Cc1ccccc1CN1Cc2ccccc2C[C@@H]1C(N)=O. The summed E-state index contributed by atoms with van der Waals surface area (Å²) in [4.78, 5) is 13.9. The maximum Gasteiger partial charge on any atom is 0.235 e. The van der Waals surface area contributed by atoms with Crippen molar-refractivity contribution in [1.82, 2.24) is 4.90 Å². The summed E-state index contributed by atoms with van der Waals surface area (Å²) in [6.45, 7) is 1.22. The van der Waals surface area contributed by atoms with E-state index in [0.717, 1.165) is 5.56 Å². The molecule has 1 atom stereocenters. The van der Waals surface area contributed by atoms with Crippen molar-refractivity contribution in [2.45, 2.75) is 25.6 Å². The Morgan fingerprint density at radius 3 is 2.59 bits per heavy atom. The Morgan fingerprint density at radius 1 is 1.18 bits per heavy atom. The molecule has 0 saturated carbocycles. The van der Waals surface area contributed by atoms with Crippen molar-refractivity contribution < 1.29 is 4.79 Å². The number of nitrogens with two attached hydrogens (primary N) is 1. The monoisotopic (exact) mass is 291 g/mol. The van der Waals surface area contributed by atoms with Gasteiger partial charge in [0.05, 0.1) is 17.7 Å². The van der Waals surface area contributed by atoms with Gasteiger partial charge in [0, 0.05) is 13.1 Å². The second-order valence-electron chi connectivity index (χ2n) is 5.56. The molecule has 1 aliphatic rings. The zero-order valence-corrected chi connectivity index (χ0v) is 12.2. The van der Waals surface area contributed by atoms with E-state index in [1.807, 2.05) is 36.4 Å². The lowest BCUT2D eigenvalue weighted by Gasteiger charge is -2.35. The Balaban J connectivity index is 1.91. The van der Waals surface area contributed by atoms with Crippen LogP contribution in [0, 0.1) is 11.3 Å². The third-order valence-electron chi connectivity index (χ3n) is 4.19. The van der Waals surface area contributed by atoms with Gasteiger partial charge in [-0.05, 0) is 29.2 Å². The van der Waals surface area contributed by atoms with Crippen LogP contribution >= 0.6 is 0 Å². The molecule has 0 unspecified atom stereocenters. The van der Waals surface area contributed by atoms with E-state index in [9.17, 15) is 10.1 Å². The van der Waals surface area contributed by atoms with Gasteiger partial charge in [-0.2, -0.15) is 5.26 Å². The van der Waals surface area contributed by atoms with Crippen LogP contribution in [-0.2, 0) is 24.3 Å². The summed E-state index contributed by atoms with van der Waals surface area (Å²) >= 11 is 0. The molecule has 2 aromatic rings. The molecule has 0 radical (unpaired) electrons. The van der Waals surface area contributed by atoms with Gasteiger partial charge < -0.3 is 5.73 Å². The average molecular weight is 291 g/mol. The summed E-state index contributed by atoms with van der Waals surface area (Å²) in [5.41, 5.74) is 9.56. The molecule has 1 heterocycles. The molecule has 3 rings (SSSR count). The zero-order chi connectivity index (χ0) is 15.5. The maximum atomic E-state index is 11.8. The standard InChI is InChI=1S/C18H17N3O/c19-10-14-6-2-4-8-16(14)12-21-11-15-7-3-1-5-13(15)9-17(21)18(20)22/h1-8,17H,9,11-12H2,(H2,20,22)/t17-/m1/s1. The van der Waals surface area contributed by atoms with Gasteiger partial charge in [0.1, 0.15) is 0 Å². The molecule has 0 spiro atoms. The molecule has 0 fully saturated rings. The highest BCUT2D eigenvalue weighted by Crippen LogP contribution is 2.25. The number of carbonyl (C=O) groups excluding carboxylic acids is 1. The molecule has 0 saturated heterocycles. The molecule has 0 aromatic heterocycles. The Kier molecular flexibility index (Phi) is 3.90. The largest absolute Gasteiger partial charge is 0.368 e. The number of amides is 1. The molecule has 4 heteroatoms. The first-order chi connectivity index (χ1) is 10.7. The van der Waals surface area contributed by atoms with Gasteiger partial charge in [0.2, 0.25) is 5.91 Å². The summed E-state index contributed by atoms with van der Waals surface area (Å²) in [6.07, 6.45) is 0.625. The van der Waals surface area contributed by atoms with Gasteiger partial charge in [-0.25, -0.2) is 0 Å². The molecule has 110 valence electrons. The number of rotatable bonds is 3. The van der Waals surface area contributed by atoms with Crippen molar-refractivity contribution in [1.29, 1.82) is 5.26 Å². The van der Waals surface area contributed by atoms with Crippen LogP contribution < -0.4 is 5.73 Å². The number of hydrogen-bond donors (Lipinski definition) is 1. The predicted octanol–water partition coefficient (Wildman–Crippen LogP) is 1.97. The fourth-order valence-corrected chi connectivity index (χ4v) is 3.01. The van der Waals surface area contributed by atoms with Gasteiger partial charge in [-0.15, -0.1) is 0 Å². The minimum Gasteiger partial charge on any atom is -0.368 e. The van der Waals surface area contributed by atoms with E-state index in [4.69, 9.17) is 5.73 Å². The lowest BCUT2D eigenvalue weighted by Crippen LogP contribution is -2.48. The fraction of sp³-hybridized carbons (Fsp3) is 0.222. The molecule has 2 aromatic carbocycles. The number of primary amides is 1. The van der Waals surface area contributed by atoms with E-state index >= 15 is 0 Å². The van der Waals surface area contributed by atoms with E-state index < -0.39 is 0 Å². The molecule has 22 heavy (non-hydrogen) atoms. The van der Waals surface area contributed by atoms with Crippen LogP contribution in [0.25, 0.3) is 0 Å². The van der Waals surface area contributed by atoms with Gasteiger partial charge in [0.25, 0.3) is 0 Å². The van der Waals surface area contributed by atoms with Crippen molar-refractivity contribution in [2.24, 2.45) is 5.73 Å². The minimum atomic E-state index is -0.332. The molecule has 1 aliphatic heterocycles. The maximum absolute atomic E-state index is 11.8. The van der Waals surface area contributed by atoms with Crippen LogP contribution in [-0.4, -0.2) is 16.8 Å². The topological polar surface area (TPSA) is 70.1 Å². The molecular weight excluding hydrogens is 274 g/mol. The number of carbonyl (C=O) groups is 1. The van der Waals surface area contributed by atoms with Crippen LogP contribution in [0.2, 0.25) is 0 Å². The van der Waals surface area contributed by atoms with Gasteiger partial charge in [0.15, 0.2) is 0 Å². The second kappa shape index (κ2) is 6.00. The molecule has 2 N–H and O–H groups in total. The number of fused-ring (bicyclic) bond motifs is 1. The van der Waals surface area contributed by atoms with Crippen LogP contribution in [0.15, 0.2) is 48.5 Å². The van der Waals surface area contributed by atoms with Crippen molar-refractivity contribution in [3.63, 3.8) is 0 Å². The predicted molar refractivity (Wildman–Crippen MR) is 83.5 cm³/mol. The van der Waals surface area contributed by atoms with Crippen LogP contribution in [0.3, 0.4) is 0 Å². The fourth-order valence-electron chi connectivity index (χ4n) is 3.01. The summed E-state index contributed by atoms with van der Waals surface area (Å²) in [6, 6.07) is 17.5. The second-order valence-corrected chi connectivity index (χ2v) is 5.56. The zero-order valence-electron chi connectivity index (χ0n) is 12.2. The molecule has 4 nitrogen and oxygen atoms in total. The smallest absolute Gasteiger partial charge is 0.235 e. The first-order valence-corrected chi connectivity index (χ1v) is 7.27. The Bertz CT molecular complexity index is 748. The Morgan fingerprint density at radius 2 is 1.86 bits per heavy atom. The average Bonchev–Trinajstić information content (AvgIpc) is 2.54. The quantitative estimate of drug-likeness (QED) is 0.940. The summed E-state index contributed by atoms with van der Waals surface area (Å²) < 4.78 is 0. The van der Waals surface area contributed by atoms with Crippen molar-refractivity contribution in [3.05, 3.63) is 70.8 Å². The van der Waals surface area contributed by atoms with Crippen molar-refractivity contribution >= 4 is 5.91 Å². The highest BCUT2D eigenvalue weighted by atomic mass is 16.1. The Labute approximate surface area is 129 Å². The van der Waals surface area contributed by atoms with Crippen molar-refractivity contribution in [3.8, 4) is 6.07 Å². The molecular formula is C18H17N3O. The number of nitrogens with zero attached hydrogens (tertiary/aromatic N) is 2. The van der Waals surface area contributed by atoms with Gasteiger partial charge >= 0.3 is 0 Å². The van der Waals surface area contributed by atoms with Crippen LogP contribution in [0.1, 0.15) is 22.3 Å². The van der Waals surface area contributed by atoms with E-state index in [1.165, 1.54) is 11.1 Å². The van der Waals surface area contributed by atoms with Crippen molar-refractivity contribution in [2.75, 3.05) is 0 Å². The summed E-state index contributed by atoms with van der Waals surface area (Å²) in [7, 11) is 0. The number of hydrogen-bond acceptors (Lipinski definition) is 3. The lowest BCUT2D eigenvalue weighted by atomic mass is 9.93. The first-order valence-electron chi connectivity index (χ1n) is 7.27. The van der Waals surface area contributed by atoms with Crippen LogP contribution in [0.5, 0.6) is 0 Å². The van der Waals surface area contributed by atoms with Gasteiger partial charge in [-0.1, -0.05) is 42.5 Å². The first kappa shape index (κ1) is 14.3. The van der Waals surface area contributed by atoms with E-state index in [-0.39, 0.29) is 11.9 Å². The molecule has 0 aliphatic carbocycles. The molecule has 1 amide bonds. The van der Waals surface area contributed by atoms with E-state index in [1.54, 1.807) is 6.07 Å². The van der Waals surface area contributed by atoms with Gasteiger partial charge in [-0.3, -0.25) is 9.69 Å². The summed E-state index contributed by atoms with van der Waals surface area (Å²) in [5.74, 6) is -0.316. The minimum absolute atomic E-state index is 0.316. The third-order valence-corrected chi connectivity index (χ3v) is 4.19. The number of benzene rings is 2. The van der Waals surface area contributed by atoms with E-state index in [2.05, 4.69) is 17.0 Å². The molecule has 0 bridgehead atoms. The third kappa shape index (κ3) is 2.72. The highest BCUT2D eigenvalue weighted by molar-refractivity contribution is 5.80.